The van der Waals surface area contributed by atoms with Crippen molar-refractivity contribution in [2.75, 3.05) is 26.2 Å². The zero-order chi connectivity index (χ0) is 12.8. The average molecular weight is 253 g/mol. The molecule has 4 heteroatoms. The SMILES string of the molecule is CCN1CCCC(NC(=O)CC2CCCCN2)C1. The molecule has 2 fully saturated rings. The second kappa shape index (κ2) is 7.10. The molecule has 2 N–H and O–H groups in total. The van der Waals surface area contributed by atoms with Gasteiger partial charge in [0.05, 0.1) is 0 Å². The van der Waals surface area contributed by atoms with Crippen LogP contribution in [0.3, 0.4) is 0 Å². The zero-order valence-electron chi connectivity index (χ0n) is 11.6. The Morgan fingerprint density at radius 2 is 2.22 bits per heavy atom. The highest BCUT2D eigenvalue weighted by molar-refractivity contribution is 5.76. The van der Waals surface area contributed by atoms with Gasteiger partial charge in [-0.25, -0.2) is 0 Å². The second-order valence-electron chi connectivity index (χ2n) is 5.65. The van der Waals surface area contributed by atoms with Crippen LogP contribution in [0.15, 0.2) is 0 Å². The molecule has 0 spiro atoms. The van der Waals surface area contributed by atoms with E-state index in [2.05, 4.69) is 22.5 Å². The molecular weight excluding hydrogens is 226 g/mol. The summed E-state index contributed by atoms with van der Waals surface area (Å²) in [5, 5.41) is 6.65. The Kier molecular flexibility index (Phi) is 5.45. The minimum Gasteiger partial charge on any atom is -0.352 e. The summed E-state index contributed by atoms with van der Waals surface area (Å²) in [4.78, 5) is 14.4. The molecule has 0 radical (unpaired) electrons. The third kappa shape index (κ3) is 4.25. The molecule has 0 aromatic rings. The molecule has 2 rings (SSSR count). The number of hydrogen-bond acceptors (Lipinski definition) is 3. The predicted octanol–water partition coefficient (Wildman–Crippen LogP) is 1.12. The van der Waals surface area contributed by atoms with Crippen LogP contribution in [0.5, 0.6) is 0 Å². The van der Waals surface area contributed by atoms with E-state index in [1.807, 2.05) is 0 Å². The molecule has 2 saturated heterocycles. The van der Waals surface area contributed by atoms with Gasteiger partial charge >= 0.3 is 0 Å². The number of amides is 1. The quantitative estimate of drug-likeness (QED) is 0.789. The molecule has 2 unspecified atom stereocenters. The van der Waals surface area contributed by atoms with Crippen molar-refractivity contribution in [3.8, 4) is 0 Å². The predicted molar refractivity (Wildman–Crippen MR) is 73.5 cm³/mol. The third-order valence-corrected chi connectivity index (χ3v) is 4.16. The first-order valence-corrected chi connectivity index (χ1v) is 7.53. The number of carbonyl (C=O) groups excluding carboxylic acids is 1. The van der Waals surface area contributed by atoms with Crippen molar-refractivity contribution in [2.45, 2.75) is 57.5 Å². The highest BCUT2D eigenvalue weighted by Gasteiger charge is 2.22. The molecule has 0 saturated carbocycles. The lowest BCUT2D eigenvalue weighted by Crippen LogP contribution is -2.49. The van der Waals surface area contributed by atoms with Crippen molar-refractivity contribution in [3.05, 3.63) is 0 Å². The molecule has 0 aliphatic carbocycles. The van der Waals surface area contributed by atoms with Gasteiger partial charge in [-0.05, 0) is 45.3 Å². The van der Waals surface area contributed by atoms with E-state index >= 15 is 0 Å². The Bertz CT molecular complexity index is 264. The largest absolute Gasteiger partial charge is 0.352 e. The first-order valence-electron chi connectivity index (χ1n) is 7.53. The van der Waals surface area contributed by atoms with E-state index in [0.29, 0.717) is 18.5 Å². The molecule has 1 amide bonds. The van der Waals surface area contributed by atoms with Crippen molar-refractivity contribution >= 4 is 5.91 Å². The molecule has 4 nitrogen and oxygen atoms in total. The molecule has 0 aromatic heterocycles. The maximum Gasteiger partial charge on any atom is 0.221 e. The summed E-state index contributed by atoms with van der Waals surface area (Å²) in [6, 6.07) is 0.777. The van der Waals surface area contributed by atoms with E-state index < -0.39 is 0 Å². The minimum absolute atomic E-state index is 0.234. The number of carbonyl (C=O) groups is 1. The van der Waals surface area contributed by atoms with Gasteiger partial charge in [-0.2, -0.15) is 0 Å². The molecule has 2 aliphatic heterocycles. The van der Waals surface area contributed by atoms with Crippen LogP contribution in [-0.4, -0.2) is 49.1 Å². The van der Waals surface area contributed by atoms with E-state index in [0.717, 1.165) is 32.5 Å². The third-order valence-electron chi connectivity index (χ3n) is 4.16. The molecule has 2 aliphatic rings. The molecule has 2 atom stereocenters. The monoisotopic (exact) mass is 253 g/mol. The van der Waals surface area contributed by atoms with Crippen molar-refractivity contribution in [3.63, 3.8) is 0 Å². The normalized spacial score (nSPS) is 30.1. The summed E-state index contributed by atoms with van der Waals surface area (Å²) in [6.07, 6.45) is 6.67. The van der Waals surface area contributed by atoms with Crippen LogP contribution < -0.4 is 10.6 Å². The fourth-order valence-corrected chi connectivity index (χ4v) is 3.07. The van der Waals surface area contributed by atoms with E-state index in [9.17, 15) is 4.79 Å². The molecule has 2 heterocycles. The molecule has 18 heavy (non-hydrogen) atoms. The first kappa shape index (κ1) is 13.8. The first-order chi connectivity index (χ1) is 8.78. The second-order valence-corrected chi connectivity index (χ2v) is 5.65. The number of likely N-dealkylation sites (tertiary alicyclic amines) is 1. The zero-order valence-corrected chi connectivity index (χ0v) is 11.6. The van der Waals surface area contributed by atoms with Crippen molar-refractivity contribution in [1.29, 1.82) is 0 Å². The van der Waals surface area contributed by atoms with Gasteiger partial charge in [0.2, 0.25) is 5.91 Å². The minimum atomic E-state index is 0.234. The topological polar surface area (TPSA) is 44.4 Å². The number of rotatable bonds is 4. The van der Waals surface area contributed by atoms with Gasteiger partial charge in [0.25, 0.3) is 0 Å². The average Bonchev–Trinajstić information content (AvgIpc) is 2.40. The maximum atomic E-state index is 12.0. The van der Waals surface area contributed by atoms with E-state index in [1.165, 1.54) is 25.8 Å². The summed E-state index contributed by atoms with van der Waals surface area (Å²) in [5.41, 5.74) is 0. The van der Waals surface area contributed by atoms with Crippen molar-refractivity contribution < 1.29 is 4.79 Å². The van der Waals surface area contributed by atoms with Gasteiger partial charge in [-0.15, -0.1) is 0 Å². The molecule has 0 bridgehead atoms. The Hall–Kier alpha value is -0.610. The number of nitrogens with zero attached hydrogens (tertiary/aromatic N) is 1. The Morgan fingerprint density at radius 3 is 2.94 bits per heavy atom. The van der Waals surface area contributed by atoms with Crippen LogP contribution in [-0.2, 0) is 4.79 Å². The lowest BCUT2D eigenvalue weighted by atomic mass is 10.0. The van der Waals surface area contributed by atoms with Crippen LogP contribution >= 0.6 is 0 Å². The van der Waals surface area contributed by atoms with Gasteiger partial charge < -0.3 is 15.5 Å². The highest BCUT2D eigenvalue weighted by Crippen LogP contribution is 2.12. The molecule has 104 valence electrons. The summed E-state index contributed by atoms with van der Waals surface area (Å²) >= 11 is 0. The Labute approximate surface area is 110 Å². The van der Waals surface area contributed by atoms with Gasteiger partial charge in [0, 0.05) is 25.0 Å². The van der Waals surface area contributed by atoms with Crippen molar-refractivity contribution in [1.82, 2.24) is 15.5 Å². The smallest absolute Gasteiger partial charge is 0.221 e. The van der Waals surface area contributed by atoms with E-state index in [1.54, 1.807) is 0 Å². The van der Waals surface area contributed by atoms with Crippen LogP contribution in [0.1, 0.15) is 45.4 Å². The lowest BCUT2D eigenvalue weighted by Gasteiger charge is -2.32. The van der Waals surface area contributed by atoms with Crippen LogP contribution in [0.2, 0.25) is 0 Å². The van der Waals surface area contributed by atoms with Gasteiger partial charge in [0.1, 0.15) is 0 Å². The van der Waals surface area contributed by atoms with E-state index in [4.69, 9.17) is 0 Å². The van der Waals surface area contributed by atoms with Gasteiger partial charge in [0.15, 0.2) is 0 Å². The van der Waals surface area contributed by atoms with Crippen LogP contribution in [0, 0.1) is 0 Å². The van der Waals surface area contributed by atoms with E-state index in [-0.39, 0.29) is 5.91 Å². The number of nitrogens with one attached hydrogen (secondary N) is 2. The fraction of sp³-hybridized carbons (Fsp3) is 0.929. The summed E-state index contributed by atoms with van der Waals surface area (Å²) in [5.74, 6) is 0.234. The lowest BCUT2D eigenvalue weighted by molar-refractivity contribution is -0.122. The standard InChI is InChI=1S/C14H27N3O/c1-2-17-9-5-7-13(11-17)16-14(18)10-12-6-3-4-8-15-12/h12-13,15H,2-11H2,1H3,(H,16,18). The summed E-state index contributed by atoms with van der Waals surface area (Å²) in [7, 11) is 0. The number of likely N-dealkylation sites (N-methyl/N-ethyl adjacent to an activating group) is 1. The number of piperidine rings is 2. The molecular formula is C14H27N3O. The molecule has 0 aromatic carbocycles. The maximum absolute atomic E-state index is 12.0. The Morgan fingerprint density at radius 1 is 1.33 bits per heavy atom. The number of hydrogen-bond donors (Lipinski definition) is 2. The Balaban J connectivity index is 1.69. The summed E-state index contributed by atoms with van der Waals surface area (Å²) in [6.45, 7) is 6.57. The van der Waals surface area contributed by atoms with Crippen LogP contribution in [0.4, 0.5) is 0 Å². The highest BCUT2D eigenvalue weighted by atomic mass is 16.1. The van der Waals surface area contributed by atoms with Crippen LogP contribution in [0.25, 0.3) is 0 Å². The fourth-order valence-electron chi connectivity index (χ4n) is 3.07. The van der Waals surface area contributed by atoms with Gasteiger partial charge in [-0.3, -0.25) is 4.79 Å². The van der Waals surface area contributed by atoms with Gasteiger partial charge in [-0.1, -0.05) is 13.3 Å². The summed E-state index contributed by atoms with van der Waals surface area (Å²) < 4.78 is 0. The van der Waals surface area contributed by atoms with Crippen molar-refractivity contribution in [2.24, 2.45) is 0 Å².